The first-order valence-corrected chi connectivity index (χ1v) is 7.64. The van der Waals surface area contributed by atoms with Gasteiger partial charge in [0.15, 0.2) is 5.82 Å². The van der Waals surface area contributed by atoms with Crippen LogP contribution in [0.2, 0.25) is 0 Å². The highest BCUT2D eigenvalue weighted by Gasteiger charge is 2.66. The topological polar surface area (TPSA) is 96.5 Å². The second kappa shape index (κ2) is 5.07. The molecular formula is C15H21N3O4. The lowest BCUT2D eigenvalue weighted by Gasteiger charge is -2.31. The van der Waals surface area contributed by atoms with E-state index in [1.165, 1.54) is 0 Å². The zero-order chi connectivity index (χ0) is 16.1. The molecule has 2 heterocycles. The minimum Gasteiger partial charge on any atom is -0.481 e. The van der Waals surface area contributed by atoms with Crippen molar-refractivity contribution in [1.29, 1.82) is 0 Å². The number of hydrogen-bond donors (Lipinski definition) is 1. The Labute approximate surface area is 128 Å². The maximum Gasteiger partial charge on any atom is 0.307 e. The van der Waals surface area contributed by atoms with Crippen molar-refractivity contribution in [2.45, 2.75) is 39.5 Å². The molecule has 7 heteroatoms. The molecule has 1 aliphatic carbocycles. The van der Waals surface area contributed by atoms with Crippen molar-refractivity contribution in [2.75, 3.05) is 13.1 Å². The molecule has 0 spiro atoms. The van der Waals surface area contributed by atoms with E-state index in [4.69, 9.17) is 4.52 Å². The number of amides is 1. The zero-order valence-corrected chi connectivity index (χ0v) is 13.1. The van der Waals surface area contributed by atoms with E-state index in [0.717, 1.165) is 12.8 Å². The number of carboxylic acids is 1. The van der Waals surface area contributed by atoms with E-state index in [2.05, 4.69) is 10.1 Å². The number of piperidine rings is 1. The SMILES string of the molecule is Cc1noc(C2CCCN(C(=O)[C@@H]3[C@H](C(=O)O)C3(C)C)C2)n1. The fraction of sp³-hybridized carbons (Fsp3) is 0.733. The van der Waals surface area contributed by atoms with Gasteiger partial charge in [0.05, 0.1) is 17.8 Å². The summed E-state index contributed by atoms with van der Waals surface area (Å²) in [6, 6.07) is 0. The van der Waals surface area contributed by atoms with Gasteiger partial charge in [-0.25, -0.2) is 0 Å². The number of likely N-dealkylation sites (tertiary alicyclic amines) is 1. The summed E-state index contributed by atoms with van der Waals surface area (Å²) in [5.41, 5.74) is -0.461. The van der Waals surface area contributed by atoms with Gasteiger partial charge in [0.25, 0.3) is 0 Å². The van der Waals surface area contributed by atoms with E-state index < -0.39 is 23.2 Å². The lowest BCUT2D eigenvalue weighted by molar-refractivity contribution is -0.142. The molecule has 2 aliphatic rings. The van der Waals surface area contributed by atoms with Crippen molar-refractivity contribution in [2.24, 2.45) is 17.3 Å². The van der Waals surface area contributed by atoms with Crippen molar-refractivity contribution in [1.82, 2.24) is 15.0 Å². The van der Waals surface area contributed by atoms with Crippen molar-refractivity contribution in [3.63, 3.8) is 0 Å². The Morgan fingerprint density at radius 3 is 2.64 bits per heavy atom. The van der Waals surface area contributed by atoms with Gasteiger partial charge in [-0.15, -0.1) is 0 Å². The smallest absolute Gasteiger partial charge is 0.307 e. The van der Waals surface area contributed by atoms with Crippen LogP contribution in [-0.4, -0.2) is 45.1 Å². The Kier molecular flexibility index (Phi) is 3.45. The molecule has 1 unspecified atom stereocenters. The molecule has 1 aliphatic heterocycles. The molecule has 0 radical (unpaired) electrons. The van der Waals surface area contributed by atoms with Crippen LogP contribution in [-0.2, 0) is 9.59 Å². The minimum absolute atomic E-state index is 0.0454. The molecule has 7 nitrogen and oxygen atoms in total. The predicted molar refractivity (Wildman–Crippen MR) is 76.0 cm³/mol. The van der Waals surface area contributed by atoms with E-state index in [0.29, 0.717) is 24.8 Å². The highest BCUT2D eigenvalue weighted by atomic mass is 16.5. The summed E-state index contributed by atoms with van der Waals surface area (Å²) in [4.78, 5) is 29.9. The summed E-state index contributed by atoms with van der Waals surface area (Å²) in [5.74, 6) is -0.737. The molecule has 0 aromatic carbocycles. The molecule has 1 N–H and O–H groups in total. The average Bonchev–Trinajstić information content (AvgIpc) is 2.80. The monoisotopic (exact) mass is 307 g/mol. The van der Waals surface area contributed by atoms with Gasteiger partial charge in [0, 0.05) is 13.1 Å². The Balaban J connectivity index is 1.70. The van der Waals surface area contributed by atoms with Crippen LogP contribution >= 0.6 is 0 Å². The van der Waals surface area contributed by atoms with E-state index in [1.807, 2.05) is 13.8 Å². The number of carboxylic acid groups (broad SMARTS) is 1. The second-order valence-electron chi connectivity index (χ2n) is 6.92. The summed E-state index contributed by atoms with van der Waals surface area (Å²) in [6.45, 7) is 6.65. The average molecular weight is 307 g/mol. The molecule has 1 aromatic rings. The van der Waals surface area contributed by atoms with E-state index >= 15 is 0 Å². The highest BCUT2D eigenvalue weighted by molar-refractivity contribution is 5.91. The molecule has 1 saturated heterocycles. The van der Waals surface area contributed by atoms with Gasteiger partial charge < -0.3 is 14.5 Å². The molecule has 3 atom stereocenters. The van der Waals surface area contributed by atoms with Crippen LogP contribution in [0.5, 0.6) is 0 Å². The largest absolute Gasteiger partial charge is 0.481 e. The number of rotatable bonds is 3. The van der Waals surface area contributed by atoms with Crippen LogP contribution in [0.15, 0.2) is 4.52 Å². The number of carbonyl (C=O) groups is 2. The van der Waals surface area contributed by atoms with Gasteiger partial charge in [-0.2, -0.15) is 4.98 Å². The van der Waals surface area contributed by atoms with Crippen LogP contribution in [0, 0.1) is 24.2 Å². The summed E-state index contributed by atoms with van der Waals surface area (Å²) >= 11 is 0. The lowest BCUT2D eigenvalue weighted by Crippen LogP contribution is -2.41. The van der Waals surface area contributed by atoms with Crippen molar-refractivity contribution >= 4 is 11.9 Å². The Morgan fingerprint density at radius 1 is 1.36 bits per heavy atom. The number of aryl methyl sites for hydroxylation is 1. The molecule has 1 saturated carbocycles. The molecule has 1 amide bonds. The van der Waals surface area contributed by atoms with E-state index in [1.54, 1.807) is 11.8 Å². The fourth-order valence-corrected chi connectivity index (χ4v) is 3.61. The second-order valence-corrected chi connectivity index (χ2v) is 6.92. The van der Waals surface area contributed by atoms with Crippen LogP contribution in [0.1, 0.15) is 44.3 Å². The molecule has 22 heavy (non-hydrogen) atoms. The third-order valence-electron chi connectivity index (χ3n) is 4.99. The van der Waals surface area contributed by atoms with Crippen molar-refractivity contribution < 1.29 is 19.2 Å². The number of hydrogen-bond acceptors (Lipinski definition) is 5. The Morgan fingerprint density at radius 2 is 2.09 bits per heavy atom. The summed E-state index contributed by atoms with van der Waals surface area (Å²) in [5, 5.41) is 13.0. The molecule has 1 aromatic heterocycles. The molecular weight excluding hydrogens is 286 g/mol. The summed E-state index contributed by atoms with van der Waals surface area (Å²) in [6.07, 6.45) is 1.77. The molecule has 0 bridgehead atoms. The zero-order valence-electron chi connectivity index (χ0n) is 13.1. The van der Waals surface area contributed by atoms with Crippen LogP contribution < -0.4 is 0 Å². The van der Waals surface area contributed by atoms with E-state index in [-0.39, 0.29) is 11.8 Å². The van der Waals surface area contributed by atoms with Gasteiger partial charge in [-0.1, -0.05) is 19.0 Å². The van der Waals surface area contributed by atoms with Crippen LogP contribution in [0.25, 0.3) is 0 Å². The predicted octanol–water partition coefficient (Wildman–Crippen LogP) is 1.44. The van der Waals surface area contributed by atoms with Crippen molar-refractivity contribution in [3.05, 3.63) is 11.7 Å². The summed E-state index contributed by atoms with van der Waals surface area (Å²) in [7, 11) is 0. The Bertz CT molecular complexity index is 610. The number of aliphatic carboxylic acids is 1. The number of aromatic nitrogens is 2. The van der Waals surface area contributed by atoms with Crippen molar-refractivity contribution in [3.8, 4) is 0 Å². The highest BCUT2D eigenvalue weighted by Crippen LogP contribution is 2.59. The first-order chi connectivity index (χ1) is 10.3. The first kappa shape index (κ1) is 15.0. The third kappa shape index (κ3) is 2.38. The van der Waals surface area contributed by atoms with Crippen LogP contribution in [0.4, 0.5) is 0 Å². The normalized spacial score (nSPS) is 30.1. The van der Waals surface area contributed by atoms with E-state index in [9.17, 15) is 14.7 Å². The Hall–Kier alpha value is -1.92. The third-order valence-corrected chi connectivity index (χ3v) is 4.99. The van der Waals surface area contributed by atoms with Gasteiger partial charge in [0.2, 0.25) is 11.8 Å². The van der Waals surface area contributed by atoms with Crippen LogP contribution in [0.3, 0.4) is 0 Å². The lowest BCUT2D eigenvalue weighted by atomic mass is 9.97. The molecule has 2 fully saturated rings. The maximum absolute atomic E-state index is 12.7. The number of nitrogens with zero attached hydrogens (tertiary/aromatic N) is 3. The minimum atomic E-state index is -0.885. The standard InChI is InChI=1S/C15H21N3O4/c1-8-16-12(22-17-8)9-5-4-6-18(7-9)13(19)10-11(14(20)21)15(10,2)3/h9-11H,4-7H2,1-3H3,(H,20,21)/t9?,10-,11+/m0/s1. The molecule has 120 valence electrons. The van der Waals surface area contributed by atoms with Gasteiger partial charge in [-0.05, 0) is 25.2 Å². The summed E-state index contributed by atoms with van der Waals surface area (Å²) < 4.78 is 5.22. The van der Waals surface area contributed by atoms with Gasteiger partial charge in [-0.3, -0.25) is 9.59 Å². The number of carbonyl (C=O) groups excluding carboxylic acids is 1. The van der Waals surface area contributed by atoms with Gasteiger partial charge in [0.1, 0.15) is 0 Å². The first-order valence-electron chi connectivity index (χ1n) is 7.64. The maximum atomic E-state index is 12.7. The molecule has 3 rings (SSSR count). The fourth-order valence-electron chi connectivity index (χ4n) is 3.61. The quantitative estimate of drug-likeness (QED) is 0.907. The van der Waals surface area contributed by atoms with Gasteiger partial charge >= 0.3 is 5.97 Å².